The van der Waals surface area contributed by atoms with Gasteiger partial charge >= 0.3 is 11.4 Å². The van der Waals surface area contributed by atoms with Gasteiger partial charge in [-0.2, -0.15) is 29.8 Å². The smallest absolute Gasteiger partial charge is 0.250 e. The second kappa shape index (κ2) is 11.8. The number of nitrogens with zero attached hydrogens (tertiary/aromatic N) is 14. The molecular formula is C24H24N14O2S2. The molecule has 0 N–H and O–H groups in total. The van der Waals surface area contributed by atoms with Gasteiger partial charge in [-0.3, -0.25) is 9.36 Å². The molecule has 0 spiro atoms. The van der Waals surface area contributed by atoms with E-state index in [2.05, 4.69) is 41.0 Å². The Bertz CT molecular complexity index is 1820. The van der Waals surface area contributed by atoms with Crippen molar-refractivity contribution in [1.29, 1.82) is 0 Å². The highest BCUT2D eigenvalue weighted by Crippen LogP contribution is 2.06. The van der Waals surface area contributed by atoms with Crippen molar-refractivity contribution in [2.45, 2.75) is 40.0 Å². The maximum atomic E-state index is 12.8. The predicted octanol–water partition coefficient (Wildman–Crippen LogP) is 0.887. The lowest BCUT2D eigenvalue weighted by Crippen LogP contribution is -2.24. The van der Waals surface area contributed by atoms with E-state index in [1.165, 1.54) is 41.4 Å². The molecule has 0 aliphatic rings. The van der Waals surface area contributed by atoms with Crippen LogP contribution in [0.3, 0.4) is 0 Å². The SMILES string of the molecule is Cc1nn(Cc2cn(CCn3cc(Cn4nc(C)n(/N=C/c5cccs5)c4=O)nn3)nn2)c(=O)n1/N=C/c1cccs1. The highest BCUT2D eigenvalue weighted by molar-refractivity contribution is 7.12. The molecule has 0 bridgehead atoms. The zero-order valence-electron chi connectivity index (χ0n) is 22.5. The molecule has 42 heavy (non-hydrogen) atoms. The average molecular weight is 605 g/mol. The third-order valence-corrected chi connectivity index (χ3v) is 7.60. The van der Waals surface area contributed by atoms with Crippen LogP contribution in [0.1, 0.15) is 32.8 Å². The molecule has 6 aromatic heterocycles. The van der Waals surface area contributed by atoms with Gasteiger partial charge < -0.3 is 0 Å². The Morgan fingerprint density at radius 1 is 0.738 bits per heavy atom. The molecule has 6 aromatic rings. The second-order valence-corrected chi connectivity index (χ2v) is 11.0. The lowest BCUT2D eigenvalue weighted by molar-refractivity contribution is 0.480. The van der Waals surface area contributed by atoms with Gasteiger partial charge in [0.2, 0.25) is 0 Å². The summed E-state index contributed by atoms with van der Waals surface area (Å²) in [5, 5.41) is 37.6. The molecule has 6 rings (SSSR count). The molecule has 0 aliphatic carbocycles. The summed E-state index contributed by atoms with van der Waals surface area (Å²) in [6.45, 7) is 4.69. The van der Waals surface area contributed by atoms with E-state index in [1.54, 1.807) is 48.0 Å². The van der Waals surface area contributed by atoms with E-state index < -0.39 is 0 Å². The molecule has 0 aromatic carbocycles. The molecule has 0 amide bonds. The zero-order chi connectivity index (χ0) is 29.1. The molecule has 214 valence electrons. The maximum absolute atomic E-state index is 12.8. The summed E-state index contributed by atoms with van der Waals surface area (Å²) >= 11 is 3.06. The van der Waals surface area contributed by atoms with Crippen LogP contribution in [0, 0.1) is 13.8 Å². The lowest BCUT2D eigenvalue weighted by Gasteiger charge is -1.99. The highest BCUT2D eigenvalue weighted by Gasteiger charge is 2.13. The summed E-state index contributed by atoms with van der Waals surface area (Å²) in [5.74, 6) is 0.940. The fraction of sp³-hybridized carbons (Fsp3) is 0.250. The molecule has 0 fully saturated rings. The monoisotopic (exact) mass is 604 g/mol. The highest BCUT2D eigenvalue weighted by atomic mass is 32.1. The Hall–Kier alpha value is -5.10. The zero-order valence-corrected chi connectivity index (χ0v) is 24.1. The first-order valence-electron chi connectivity index (χ1n) is 12.7. The Labute approximate surface area is 245 Å². The van der Waals surface area contributed by atoms with Crippen molar-refractivity contribution >= 4 is 35.1 Å². The molecule has 16 nitrogen and oxygen atoms in total. The Balaban J connectivity index is 1.05. The average Bonchev–Trinajstić information content (AvgIpc) is 3.81. The van der Waals surface area contributed by atoms with Crippen LogP contribution >= 0.6 is 22.7 Å². The molecule has 0 aliphatic heterocycles. The third-order valence-electron chi connectivity index (χ3n) is 5.99. The summed E-state index contributed by atoms with van der Waals surface area (Å²) in [6.07, 6.45) is 6.76. The number of hydrogen-bond acceptors (Lipinski definition) is 12. The first kappa shape index (κ1) is 27.1. The van der Waals surface area contributed by atoms with Crippen molar-refractivity contribution in [2.75, 3.05) is 0 Å². The minimum Gasteiger partial charge on any atom is -0.250 e. The van der Waals surface area contributed by atoms with Crippen molar-refractivity contribution in [2.24, 2.45) is 10.2 Å². The molecule has 0 saturated carbocycles. The normalized spacial score (nSPS) is 12.0. The first-order chi connectivity index (χ1) is 20.4. The van der Waals surface area contributed by atoms with Crippen LogP contribution in [0.2, 0.25) is 0 Å². The molecule has 18 heteroatoms. The number of thiophene rings is 2. The summed E-state index contributed by atoms with van der Waals surface area (Å²) in [5.41, 5.74) is 0.433. The van der Waals surface area contributed by atoms with E-state index in [4.69, 9.17) is 0 Å². The van der Waals surface area contributed by atoms with Crippen molar-refractivity contribution in [1.82, 2.24) is 58.9 Å². The van der Waals surface area contributed by atoms with Crippen molar-refractivity contribution in [3.63, 3.8) is 0 Å². The third kappa shape index (κ3) is 5.98. The Morgan fingerprint density at radius 2 is 1.19 bits per heavy atom. The van der Waals surface area contributed by atoms with E-state index in [1.807, 2.05) is 35.0 Å². The topological polar surface area (TPSA) is 166 Å². The van der Waals surface area contributed by atoms with E-state index in [0.717, 1.165) is 9.75 Å². The number of rotatable bonds is 11. The predicted molar refractivity (Wildman–Crippen MR) is 155 cm³/mol. The first-order valence-corrected chi connectivity index (χ1v) is 14.5. The Kier molecular flexibility index (Phi) is 7.60. The van der Waals surface area contributed by atoms with Crippen LogP contribution in [0.15, 0.2) is 67.2 Å². The summed E-state index contributed by atoms with van der Waals surface area (Å²) in [7, 11) is 0. The van der Waals surface area contributed by atoms with Gasteiger partial charge in [0.1, 0.15) is 11.4 Å². The van der Waals surface area contributed by atoms with E-state index in [-0.39, 0.29) is 24.5 Å². The van der Waals surface area contributed by atoms with Crippen molar-refractivity contribution in [3.05, 3.63) is 101 Å². The maximum Gasteiger partial charge on any atom is 0.367 e. The second-order valence-electron chi connectivity index (χ2n) is 9.06. The van der Waals surface area contributed by atoms with Gasteiger partial charge in [0.25, 0.3) is 0 Å². The van der Waals surface area contributed by atoms with Crippen molar-refractivity contribution in [3.8, 4) is 0 Å². The van der Waals surface area contributed by atoms with Gasteiger partial charge in [0, 0.05) is 9.75 Å². The Morgan fingerprint density at radius 3 is 1.60 bits per heavy atom. The fourth-order valence-electron chi connectivity index (χ4n) is 4.00. The van der Waals surface area contributed by atoms with E-state index in [9.17, 15) is 9.59 Å². The summed E-state index contributed by atoms with van der Waals surface area (Å²) in [4.78, 5) is 27.4. The van der Waals surface area contributed by atoms with Crippen LogP contribution < -0.4 is 11.4 Å². The van der Waals surface area contributed by atoms with Crippen LogP contribution in [-0.4, -0.2) is 71.3 Å². The van der Waals surface area contributed by atoms with Gasteiger partial charge in [-0.1, -0.05) is 22.6 Å². The number of hydrogen-bond donors (Lipinski definition) is 0. The summed E-state index contributed by atoms with van der Waals surface area (Å²) in [6, 6.07) is 7.66. The van der Waals surface area contributed by atoms with Crippen LogP contribution in [0.25, 0.3) is 0 Å². The number of aryl methyl sites for hydroxylation is 4. The molecule has 6 heterocycles. The molecular weight excluding hydrogens is 580 g/mol. The summed E-state index contributed by atoms with van der Waals surface area (Å²) < 4.78 is 8.42. The molecule has 0 saturated heterocycles. The molecule has 0 unspecified atom stereocenters. The van der Waals surface area contributed by atoms with Crippen molar-refractivity contribution < 1.29 is 0 Å². The quantitative estimate of drug-likeness (QED) is 0.197. The van der Waals surface area contributed by atoms with E-state index in [0.29, 0.717) is 36.1 Å². The largest absolute Gasteiger partial charge is 0.367 e. The van der Waals surface area contributed by atoms with Gasteiger partial charge in [0.05, 0.1) is 51.0 Å². The minimum absolute atomic E-state index is 0.160. The van der Waals surface area contributed by atoms with Gasteiger partial charge in [-0.15, -0.1) is 32.9 Å². The molecule has 0 atom stereocenters. The van der Waals surface area contributed by atoms with Crippen LogP contribution in [-0.2, 0) is 26.2 Å². The lowest BCUT2D eigenvalue weighted by atomic mass is 10.4. The molecule has 0 radical (unpaired) electrons. The fourth-order valence-corrected chi connectivity index (χ4v) is 5.16. The van der Waals surface area contributed by atoms with Gasteiger partial charge in [-0.25, -0.2) is 19.0 Å². The standard InChI is InChI=1S/C24H24N14O2S2/c1-17-29-35(23(39)37(17)25-11-21-5-3-9-41-21)15-19-13-33(31-27-19)7-8-34-14-20(28-32-34)16-36-24(40)38(18(2)30-36)26-12-22-6-4-10-42-22/h3-6,9-14H,7-8,15-16H2,1-2H3/b25-11+,26-12+. The van der Waals surface area contributed by atoms with Crippen LogP contribution in [0.4, 0.5) is 0 Å². The van der Waals surface area contributed by atoms with Gasteiger partial charge in [0.15, 0.2) is 11.6 Å². The minimum atomic E-state index is -0.363. The van der Waals surface area contributed by atoms with E-state index >= 15 is 0 Å². The van der Waals surface area contributed by atoms with Crippen LogP contribution in [0.5, 0.6) is 0 Å². The van der Waals surface area contributed by atoms with Gasteiger partial charge in [-0.05, 0) is 36.7 Å². The number of aromatic nitrogens is 12.